The lowest BCUT2D eigenvalue weighted by molar-refractivity contribution is -0.147. The van der Waals surface area contributed by atoms with Crippen LogP contribution in [0.15, 0.2) is 30.3 Å². The van der Waals surface area contributed by atoms with Gasteiger partial charge in [0.25, 0.3) is 17.7 Å². The first-order valence-corrected chi connectivity index (χ1v) is 9.96. The van der Waals surface area contributed by atoms with Crippen LogP contribution in [-0.2, 0) is 14.3 Å². The Morgan fingerprint density at radius 2 is 1.40 bits per heavy atom. The van der Waals surface area contributed by atoms with Gasteiger partial charge in [0.2, 0.25) is 0 Å². The highest BCUT2D eigenvalue weighted by atomic mass is 35.5. The van der Waals surface area contributed by atoms with Crippen molar-refractivity contribution < 1.29 is 23.9 Å². The van der Waals surface area contributed by atoms with Gasteiger partial charge in [0.05, 0.1) is 37.6 Å². The summed E-state index contributed by atoms with van der Waals surface area (Å²) < 4.78 is 4.87. The van der Waals surface area contributed by atoms with E-state index in [-0.39, 0.29) is 44.2 Å². The number of hydrogen-bond donors (Lipinski definition) is 1. The number of benzene rings is 2. The summed E-state index contributed by atoms with van der Waals surface area (Å²) in [6.45, 7) is -0.813. The number of ether oxygens (including phenoxy) is 1. The average molecular weight is 490 g/mol. The molecule has 1 heterocycles. The minimum Gasteiger partial charge on any atom is -0.456 e. The largest absolute Gasteiger partial charge is 0.456 e. The smallest absolute Gasteiger partial charge is 0.308 e. The van der Waals surface area contributed by atoms with Crippen molar-refractivity contribution in [2.24, 2.45) is 0 Å². The molecule has 3 amide bonds. The van der Waals surface area contributed by atoms with E-state index in [4.69, 9.17) is 51.1 Å². The van der Waals surface area contributed by atoms with E-state index >= 15 is 0 Å². The highest BCUT2D eigenvalue weighted by Crippen LogP contribution is 2.44. The zero-order valence-electron chi connectivity index (χ0n) is 15.0. The van der Waals surface area contributed by atoms with Crippen LogP contribution in [0.3, 0.4) is 0 Å². The van der Waals surface area contributed by atoms with E-state index in [0.717, 1.165) is 4.90 Å². The molecule has 2 aromatic carbocycles. The van der Waals surface area contributed by atoms with Crippen LogP contribution in [0.4, 0.5) is 5.69 Å². The Balaban J connectivity index is 1.58. The molecule has 7 nitrogen and oxygen atoms in total. The zero-order chi connectivity index (χ0) is 22.0. The van der Waals surface area contributed by atoms with E-state index in [1.807, 2.05) is 0 Å². The third-order valence-electron chi connectivity index (χ3n) is 4.15. The van der Waals surface area contributed by atoms with Crippen molar-refractivity contribution in [3.05, 3.63) is 61.5 Å². The molecule has 0 aliphatic carbocycles. The number of esters is 1. The molecule has 1 N–H and O–H groups in total. The van der Waals surface area contributed by atoms with Crippen LogP contribution >= 0.6 is 46.4 Å². The fraction of sp³-hybridized carbons (Fsp3) is 0.158. The van der Waals surface area contributed by atoms with Gasteiger partial charge in [0.1, 0.15) is 0 Å². The number of nitrogens with one attached hydrogen (secondary N) is 1. The van der Waals surface area contributed by atoms with Crippen molar-refractivity contribution in [1.29, 1.82) is 0 Å². The second-order valence-electron chi connectivity index (χ2n) is 6.09. The summed E-state index contributed by atoms with van der Waals surface area (Å²) in [4.78, 5) is 49.7. The summed E-state index contributed by atoms with van der Waals surface area (Å²) >= 11 is 24.0. The molecule has 11 heteroatoms. The second-order valence-corrected chi connectivity index (χ2v) is 7.60. The van der Waals surface area contributed by atoms with Crippen LogP contribution in [0, 0.1) is 0 Å². The number of para-hydroxylation sites is 1. The molecule has 3 rings (SSSR count). The lowest BCUT2D eigenvalue weighted by atomic mass is 10.1. The summed E-state index contributed by atoms with van der Waals surface area (Å²) in [7, 11) is 0. The van der Waals surface area contributed by atoms with E-state index in [9.17, 15) is 19.2 Å². The molecule has 0 saturated carbocycles. The molecule has 1 aliphatic rings. The normalized spacial score (nSPS) is 12.7. The number of amides is 3. The van der Waals surface area contributed by atoms with Crippen LogP contribution < -0.4 is 5.32 Å². The minimum atomic E-state index is -0.775. The Morgan fingerprint density at radius 1 is 0.867 bits per heavy atom. The van der Waals surface area contributed by atoms with Crippen molar-refractivity contribution in [3.63, 3.8) is 0 Å². The maximum Gasteiger partial charge on any atom is 0.308 e. The summed E-state index contributed by atoms with van der Waals surface area (Å²) in [5.74, 6) is -2.81. The molecule has 0 saturated heterocycles. The van der Waals surface area contributed by atoms with E-state index in [1.165, 1.54) is 0 Å². The fourth-order valence-corrected chi connectivity index (χ4v) is 3.75. The number of fused-ring (bicyclic) bond motifs is 1. The van der Waals surface area contributed by atoms with Crippen molar-refractivity contribution in [2.75, 3.05) is 18.5 Å². The van der Waals surface area contributed by atoms with Crippen molar-refractivity contribution in [3.8, 4) is 0 Å². The number of nitrogens with zero attached hydrogens (tertiary/aromatic N) is 1. The maximum absolute atomic E-state index is 12.6. The average Bonchev–Trinajstić information content (AvgIpc) is 2.98. The SMILES string of the molecule is O=C(COC(=O)CCN1C(=O)c2c(Cl)c(Cl)c(Cl)c(Cl)c2C1=O)Nc1ccccc1. The molecule has 0 atom stereocenters. The topological polar surface area (TPSA) is 92.8 Å². The van der Waals surface area contributed by atoms with Gasteiger partial charge in [-0.3, -0.25) is 24.1 Å². The third kappa shape index (κ3) is 4.39. The minimum absolute atomic E-state index is 0.145. The highest BCUT2D eigenvalue weighted by molar-refractivity contribution is 6.55. The Hall–Kier alpha value is -2.32. The summed E-state index contributed by atoms with van der Waals surface area (Å²) in [6, 6.07) is 8.62. The van der Waals surface area contributed by atoms with Gasteiger partial charge < -0.3 is 10.1 Å². The van der Waals surface area contributed by atoms with Gasteiger partial charge in [0, 0.05) is 12.2 Å². The molecular weight excluding hydrogens is 478 g/mol. The van der Waals surface area contributed by atoms with Crippen LogP contribution in [0.25, 0.3) is 0 Å². The third-order valence-corrected chi connectivity index (χ3v) is 5.95. The van der Waals surface area contributed by atoms with Gasteiger partial charge in [-0.15, -0.1) is 0 Å². The Kier molecular flexibility index (Phi) is 6.88. The predicted octanol–water partition coefficient (Wildman–Crippen LogP) is 4.47. The predicted molar refractivity (Wildman–Crippen MR) is 112 cm³/mol. The first-order chi connectivity index (χ1) is 14.2. The van der Waals surface area contributed by atoms with Crippen molar-refractivity contribution in [1.82, 2.24) is 4.90 Å². The molecule has 0 spiro atoms. The quantitative estimate of drug-likeness (QED) is 0.279. The number of anilines is 1. The molecule has 2 aromatic rings. The lowest BCUT2D eigenvalue weighted by Gasteiger charge is -2.13. The first kappa shape index (κ1) is 22.4. The van der Waals surface area contributed by atoms with Gasteiger partial charge in [-0.1, -0.05) is 64.6 Å². The fourth-order valence-electron chi connectivity index (χ4n) is 2.74. The van der Waals surface area contributed by atoms with Crippen LogP contribution in [0.1, 0.15) is 27.1 Å². The number of carbonyl (C=O) groups is 4. The second kappa shape index (κ2) is 9.22. The van der Waals surface area contributed by atoms with Crippen molar-refractivity contribution >= 4 is 75.8 Å². The lowest BCUT2D eigenvalue weighted by Crippen LogP contribution is -2.32. The van der Waals surface area contributed by atoms with Crippen LogP contribution in [0.2, 0.25) is 20.1 Å². The molecular formula is C19H12Cl4N2O5. The van der Waals surface area contributed by atoms with E-state index in [0.29, 0.717) is 5.69 Å². The Bertz CT molecular complexity index is 1010. The van der Waals surface area contributed by atoms with Gasteiger partial charge in [-0.2, -0.15) is 0 Å². The Morgan fingerprint density at radius 3 is 1.93 bits per heavy atom. The van der Waals surface area contributed by atoms with Gasteiger partial charge in [-0.05, 0) is 12.1 Å². The summed E-state index contributed by atoms with van der Waals surface area (Å²) in [5.41, 5.74) is 0.212. The van der Waals surface area contributed by atoms with Crippen LogP contribution in [-0.4, -0.2) is 41.7 Å². The first-order valence-electron chi connectivity index (χ1n) is 8.45. The summed E-state index contributed by atoms with van der Waals surface area (Å²) in [5, 5.41) is 1.88. The molecule has 0 aromatic heterocycles. The number of imide groups is 1. The molecule has 0 radical (unpaired) electrons. The molecule has 1 aliphatic heterocycles. The van der Waals surface area contributed by atoms with Gasteiger partial charge in [-0.25, -0.2) is 0 Å². The van der Waals surface area contributed by atoms with E-state index in [2.05, 4.69) is 5.32 Å². The van der Waals surface area contributed by atoms with Gasteiger partial charge in [0.15, 0.2) is 6.61 Å². The monoisotopic (exact) mass is 488 g/mol. The molecule has 156 valence electrons. The molecule has 30 heavy (non-hydrogen) atoms. The molecule has 0 fully saturated rings. The van der Waals surface area contributed by atoms with E-state index < -0.39 is 30.3 Å². The number of rotatable bonds is 6. The van der Waals surface area contributed by atoms with E-state index in [1.54, 1.807) is 30.3 Å². The van der Waals surface area contributed by atoms with Gasteiger partial charge >= 0.3 is 5.97 Å². The molecule has 0 bridgehead atoms. The molecule has 0 unspecified atom stereocenters. The Labute approximate surface area is 190 Å². The zero-order valence-corrected chi connectivity index (χ0v) is 18.0. The number of carbonyl (C=O) groups excluding carboxylic acids is 4. The number of hydrogen-bond acceptors (Lipinski definition) is 5. The number of halogens is 4. The summed E-state index contributed by atoms with van der Waals surface area (Å²) in [6.07, 6.45) is -0.333. The standard InChI is InChI=1S/C19H12Cl4N2O5/c20-14-12-13(15(21)17(23)16(14)22)19(29)25(18(12)28)7-6-11(27)30-8-10(26)24-9-4-2-1-3-5-9/h1-5H,6-8H2,(H,24,26). The van der Waals surface area contributed by atoms with Crippen molar-refractivity contribution in [2.45, 2.75) is 6.42 Å². The van der Waals surface area contributed by atoms with Crippen LogP contribution in [0.5, 0.6) is 0 Å². The highest BCUT2D eigenvalue weighted by Gasteiger charge is 2.41. The maximum atomic E-state index is 12.6.